The Bertz CT molecular complexity index is 692. The van der Waals surface area contributed by atoms with Crippen molar-refractivity contribution in [1.29, 1.82) is 0 Å². The Morgan fingerprint density at radius 2 is 2.12 bits per heavy atom. The Hall–Kier alpha value is -2.44. The second-order valence-electron chi connectivity index (χ2n) is 6.48. The van der Waals surface area contributed by atoms with Gasteiger partial charge in [0.15, 0.2) is 0 Å². The van der Waals surface area contributed by atoms with Crippen LogP contribution in [0.1, 0.15) is 43.8 Å². The number of nitrogens with zero attached hydrogens (tertiary/aromatic N) is 4. The zero-order chi connectivity index (χ0) is 16.9. The number of hydrogen-bond acceptors (Lipinski definition) is 6. The van der Waals surface area contributed by atoms with Crippen LogP contribution in [0.15, 0.2) is 22.9 Å². The summed E-state index contributed by atoms with van der Waals surface area (Å²) in [7, 11) is 0. The van der Waals surface area contributed by atoms with Crippen LogP contribution in [-0.2, 0) is 0 Å². The van der Waals surface area contributed by atoms with Gasteiger partial charge in [-0.3, -0.25) is 4.79 Å². The Morgan fingerprint density at radius 3 is 2.88 bits per heavy atom. The standard InChI is InChI=1S/C17H23N5O2/c1-12(2)11-19-16(23)17-20-15(21-24-17)13-6-7-18-14(10-13)22-8-4-3-5-9-22/h6-7,10,12H,3-5,8-9,11H2,1-2H3,(H,19,23). The van der Waals surface area contributed by atoms with E-state index in [1.807, 2.05) is 26.0 Å². The van der Waals surface area contributed by atoms with Gasteiger partial charge in [0.05, 0.1) is 0 Å². The molecule has 1 aliphatic heterocycles. The van der Waals surface area contributed by atoms with E-state index in [4.69, 9.17) is 4.52 Å². The van der Waals surface area contributed by atoms with Crippen LogP contribution >= 0.6 is 0 Å². The molecule has 7 nitrogen and oxygen atoms in total. The van der Waals surface area contributed by atoms with Crippen molar-refractivity contribution in [1.82, 2.24) is 20.4 Å². The molecule has 0 unspecified atom stereocenters. The van der Waals surface area contributed by atoms with E-state index in [0.717, 1.165) is 24.5 Å². The molecule has 0 atom stereocenters. The number of rotatable bonds is 5. The fourth-order valence-electron chi connectivity index (χ4n) is 2.66. The van der Waals surface area contributed by atoms with Gasteiger partial charge in [-0.15, -0.1) is 0 Å². The van der Waals surface area contributed by atoms with Crippen molar-refractivity contribution in [2.45, 2.75) is 33.1 Å². The van der Waals surface area contributed by atoms with E-state index in [9.17, 15) is 4.79 Å². The number of nitrogens with one attached hydrogen (secondary N) is 1. The van der Waals surface area contributed by atoms with E-state index < -0.39 is 0 Å². The summed E-state index contributed by atoms with van der Waals surface area (Å²) in [6.45, 7) is 6.67. The van der Waals surface area contributed by atoms with Gasteiger partial charge in [-0.2, -0.15) is 4.98 Å². The average Bonchev–Trinajstić information content (AvgIpc) is 3.11. The van der Waals surface area contributed by atoms with Crippen LogP contribution in [0, 0.1) is 5.92 Å². The fourth-order valence-corrected chi connectivity index (χ4v) is 2.66. The quantitative estimate of drug-likeness (QED) is 0.907. The molecule has 1 saturated heterocycles. The molecule has 1 N–H and O–H groups in total. The summed E-state index contributed by atoms with van der Waals surface area (Å²) in [5.74, 6) is 1.34. The summed E-state index contributed by atoms with van der Waals surface area (Å²) in [6.07, 6.45) is 5.40. The highest BCUT2D eigenvalue weighted by Gasteiger charge is 2.18. The van der Waals surface area contributed by atoms with Gasteiger partial charge in [0, 0.05) is 31.4 Å². The van der Waals surface area contributed by atoms with Crippen LogP contribution in [0.5, 0.6) is 0 Å². The molecular formula is C17H23N5O2. The Kier molecular flexibility index (Phi) is 5.08. The highest BCUT2D eigenvalue weighted by atomic mass is 16.5. The summed E-state index contributed by atoms with van der Waals surface area (Å²) in [5.41, 5.74) is 0.803. The van der Waals surface area contributed by atoms with Gasteiger partial charge in [0.2, 0.25) is 5.82 Å². The molecule has 0 spiro atoms. The van der Waals surface area contributed by atoms with E-state index in [1.165, 1.54) is 19.3 Å². The molecule has 3 rings (SSSR count). The van der Waals surface area contributed by atoms with Crippen LogP contribution in [0.25, 0.3) is 11.4 Å². The number of carbonyl (C=O) groups is 1. The number of aromatic nitrogens is 3. The van der Waals surface area contributed by atoms with Crippen molar-refractivity contribution < 1.29 is 9.32 Å². The molecule has 0 aliphatic carbocycles. The van der Waals surface area contributed by atoms with Crippen molar-refractivity contribution in [2.24, 2.45) is 5.92 Å². The third-order valence-electron chi connectivity index (χ3n) is 3.97. The van der Waals surface area contributed by atoms with Crippen LogP contribution in [0.2, 0.25) is 0 Å². The number of pyridine rings is 1. The molecule has 0 saturated carbocycles. The maximum atomic E-state index is 12.0. The zero-order valence-electron chi connectivity index (χ0n) is 14.2. The maximum Gasteiger partial charge on any atom is 0.316 e. The second kappa shape index (κ2) is 7.42. The topological polar surface area (TPSA) is 84.2 Å². The molecule has 2 aromatic rings. The molecule has 2 aromatic heterocycles. The lowest BCUT2D eigenvalue weighted by molar-refractivity contribution is 0.0905. The minimum atomic E-state index is -0.340. The minimum absolute atomic E-state index is 0.0121. The highest BCUT2D eigenvalue weighted by Crippen LogP contribution is 2.23. The molecule has 0 radical (unpaired) electrons. The molecule has 24 heavy (non-hydrogen) atoms. The third kappa shape index (κ3) is 3.90. The molecular weight excluding hydrogens is 306 g/mol. The normalized spacial score (nSPS) is 14.9. The van der Waals surface area contributed by atoms with Gasteiger partial charge in [-0.05, 0) is 37.3 Å². The summed E-state index contributed by atoms with van der Waals surface area (Å²) in [4.78, 5) is 22.9. The molecule has 1 aliphatic rings. The third-order valence-corrected chi connectivity index (χ3v) is 3.97. The monoisotopic (exact) mass is 329 g/mol. The smallest absolute Gasteiger partial charge is 0.316 e. The first-order valence-electron chi connectivity index (χ1n) is 8.47. The number of anilines is 1. The fraction of sp³-hybridized carbons (Fsp3) is 0.529. The van der Waals surface area contributed by atoms with Crippen LogP contribution in [0.3, 0.4) is 0 Å². The summed E-state index contributed by atoms with van der Waals surface area (Å²) in [6, 6.07) is 3.78. The van der Waals surface area contributed by atoms with Crippen molar-refractivity contribution in [2.75, 3.05) is 24.5 Å². The van der Waals surface area contributed by atoms with E-state index in [1.54, 1.807) is 6.20 Å². The van der Waals surface area contributed by atoms with Crippen molar-refractivity contribution in [3.05, 3.63) is 24.2 Å². The molecule has 0 aromatic carbocycles. The van der Waals surface area contributed by atoms with Crippen LogP contribution < -0.4 is 10.2 Å². The first-order valence-corrected chi connectivity index (χ1v) is 8.47. The van der Waals surface area contributed by atoms with Gasteiger partial charge in [0.25, 0.3) is 0 Å². The highest BCUT2D eigenvalue weighted by molar-refractivity contribution is 5.89. The van der Waals surface area contributed by atoms with Crippen molar-refractivity contribution in [3.63, 3.8) is 0 Å². The van der Waals surface area contributed by atoms with Crippen LogP contribution in [-0.4, -0.2) is 40.7 Å². The number of piperidine rings is 1. The lowest BCUT2D eigenvalue weighted by atomic mass is 10.1. The molecule has 7 heteroatoms. The molecule has 1 amide bonds. The van der Waals surface area contributed by atoms with Gasteiger partial charge in [-0.25, -0.2) is 4.98 Å². The van der Waals surface area contributed by atoms with Crippen molar-refractivity contribution >= 4 is 11.7 Å². The first kappa shape index (κ1) is 16.4. The van der Waals surface area contributed by atoms with E-state index >= 15 is 0 Å². The molecule has 1 fully saturated rings. The van der Waals surface area contributed by atoms with Gasteiger partial charge in [0.1, 0.15) is 5.82 Å². The Balaban J connectivity index is 1.74. The summed E-state index contributed by atoms with van der Waals surface area (Å²) >= 11 is 0. The van der Waals surface area contributed by atoms with Crippen LogP contribution in [0.4, 0.5) is 5.82 Å². The zero-order valence-corrected chi connectivity index (χ0v) is 14.2. The van der Waals surface area contributed by atoms with E-state index in [-0.39, 0.29) is 11.8 Å². The maximum absolute atomic E-state index is 12.0. The van der Waals surface area contributed by atoms with Gasteiger partial charge >= 0.3 is 11.8 Å². The lowest BCUT2D eigenvalue weighted by Crippen LogP contribution is -2.30. The number of carbonyl (C=O) groups excluding carboxylic acids is 1. The predicted molar refractivity (Wildman–Crippen MR) is 90.8 cm³/mol. The van der Waals surface area contributed by atoms with Gasteiger partial charge < -0.3 is 14.7 Å². The molecule has 128 valence electrons. The number of amides is 1. The Labute approximate surface area is 141 Å². The second-order valence-corrected chi connectivity index (χ2v) is 6.48. The van der Waals surface area contributed by atoms with Gasteiger partial charge in [-0.1, -0.05) is 19.0 Å². The predicted octanol–water partition coefficient (Wildman–Crippen LogP) is 2.51. The Morgan fingerprint density at radius 1 is 1.33 bits per heavy atom. The average molecular weight is 329 g/mol. The lowest BCUT2D eigenvalue weighted by Gasteiger charge is -2.27. The SMILES string of the molecule is CC(C)CNC(=O)c1nc(-c2ccnc(N3CCCCC3)c2)no1. The first-order chi connectivity index (χ1) is 11.6. The molecule has 3 heterocycles. The largest absolute Gasteiger partial charge is 0.357 e. The minimum Gasteiger partial charge on any atom is -0.357 e. The van der Waals surface area contributed by atoms with E-state index in [2.05, 4.69) is 25.3 Å². The summed E-state index contributed by atoms with van der Waals surface area (Å²) < 4.78 is 5.09. The molecule has 0 bridgehead atoms. The summed E-state index contributed by atoms with van der Waals surface area (Å²) in [5, 5.41) is 6.70. The van der Waals surface area contributed by atoms with E-state index in [0.29, 0.717) is 18.3 Å². The van der Waals surface area contributed by atoms with Crippen molar-refractivity contribution in [3.8, 4) is 11.4 Å². The number of hydrogen-bond donors (Lipinski definition) is 1.